The zero-order chi connectivity index (χ0) is 24.2. The molecular formula is C27H27FN4O2S. The molecule has 4 aromatic rings. The molecule has 6 nitrogen and oxygen atoms in total. The largest absolute Gasteiger partial charge is 0.376 e. The normalized spacial score (nSPS) is 15.5. The highest BCUT2D eigenvalue weighted by atomic mass is 32.2. The van der Waals surface area contributed by atoms with Crippen molar-refractivity contribution in [2.24, 2.45) is 0 Å². The van der Waals surface area contributed by atoms with Gasteiger partial charge >= 0.3 is 0 Å². The molecule has 0 N–H and O–H groups in total. The molecule has 1 atom stereocenters. The van der Waals surface area contributed by atoms with Crippen LogP contribution < -0.4 is 0 Å². The Balaban J connectivity index is 1.28. The molecule has 0 bridgehead atoms. The maximum Gasteiger partial charge on any atom is 0.233 e. The van der Waals surface area contributed by atoms with E-state index in [4.69, 9.17) is 4.74 Å². The molecule has 5 rings (SSSR count). The number of ether oxygens (including phenoxy) is 1. The molecule has 2 heterocycles. The molecule has 1 aliphatic rings. The molecule has 35 heavy (non-hydrogen) atoms. The lowest BCUT2D eigenvalue weighted by Gasteiger charge is -2.18. The van der Waals surface area contributed by atoms with E-state index in [1.54, 1.807) is 17.0 Å². The average Bonchev–Trinajstić information content (AvgIpc) is 3.53. The Morgan fingerprint density at radius 3 is 2.69 bits per heavy atom. The molecule has 180 valence electrons. The summed E-state index contributed by atoms with van der Waals surface area (Å²) in [5, 5.41) is 11.7. The topological polar surface area (TPSA) is 60.2 Å². The van der Waals surface area contributed by atoms with Crippen molar-refractivity contribution < 1.29 is 13.9 Å². The number of aromatic nitrogens is 3. The van der Waals surface area contributed by atoms with E-state index in [2.05, 4.69) is 40.5 Å². The molecule has 8 heteroatoms. The third-order valence-electron chi connectivity index (χ3n) is 6.21. The molecule has 0 unspecified atom stereocenters. The number of rotatable bonds is 8. The Kier molecular flexibility index (Phi) is 7.11. The van der Waals surface area contributed by atoms with Gasteiger partial charge in [0.05, 0.1) is 18.4 Å². The molecule has 3 aromatic carbocycles. The first kappa shape index (κ1) is 23.5. The average molecular weight is 491 g/mol. The molecule has 1 aliphatic heterocycles. The van der Waals surface area contributed by atoms with Crippen LogP contribution in [0.5, 0.6) is 0 Å². The number of fused-ring (bicyclic) bond motifs is 1. The Hall–Kier alpha value is -3.23. The van der Waals surface area contributed by atoms with Gasteiger partial charge in [-0.2, -0.15) is 0 Å². The van der Waals surface area contributed by atoms with Crippen LogP contribution in [0.3, 0.4) is 0 Å². The van der Waals surface area contributed by atoms with Crippen LogP contribution >= 0.6 is 11.8 Å². The minimum Gasteiger partial charge on any atom is -0.376 e. The smallest absolute Gasteiger partial charge is 0.233 e. The number of halogens is 1. The van der Waals surface area contributed by atoms with E-state index in [9.17, 15) is 9.18 Å². The van der Waals surface area contributed by atoms with E-state index in [0.717, 1.165) is 36.0 Å². The Labute approximate surface area is 208 Å². The molecule has 1 aromatic heterocycles. The van der Waals surface area contributed by atoms with Crippen molar-refractivity contribution in [1.29, 1.82) is 0 Å². The fraction of sp³-hybridized carbons (Fsp3) is 0.296. The lowest BCUT2D eigenvalue weighted by molar-refractivity contribution is -0.127. The van der Waals surface area contributed by atoms with E-state index in [1.165, 1.54) is 29.3 Å². The summed E-state index contributed by atoms with van der Waals surface area (Å²) < 4.78 is 21.3. The Morgan fingerprint density at radius 2 is 1.91 bits per heavy atom. The molecule has 0 aliphatic carbocycles. The lowest BCUT2D eigenvalue weighted by atomic mass is 10.1. The highest BCUT2D eigenvalue weighted by Crippen LogP contribution is 2.27. The van der Waals surface area contributed by atoms with Gasteiger partial charge in [-0.3, -0.25) is 9.36 Å². The van der Waals surface area contributed by atoms with Crippen LogP contribution in [0.4, 0.5) is 4.39 Å². The fourth-order valence-electron chi connectivity index (χ4n) is 4.30. The standard InChI is InChI=1S/C27H27FN4O2S/c1-31(16-19-8-9-20-5-2-3-6-22(20)15-19)25(33)18-35-27-30-29-26(21-10-12-23(28)13-11-21)32(27)17-24-7-4-14-34-24/h2-3,5-6,8-13,15,24H,4,7,14,16-18H2,1H3/t24-/m0/s1. The number of amides is 1. The molecule has 0 spiro atoms. The molecule has 1 fully saturated rings. The number of hydrogen-bond donors (Lipinski definition) is 0. The maximum absolute atomic E-state index is 13.4. The summed E-state index contributed by atoms with van der Waals surface area (Å²) in [6, 6.07) is 20.7. The van der Waals surface area contributed by atoms with Crippen molar-refractivity contribution in [2.45, 2.75) is 37.2 Å². The Bertz CT molecular complexity index is 1320. The number of benzene rings is 3. The van der Waals surface area contributed by atoms with Crippen molar-refractivity contribution in [1.82, 2.24) is 19.7 Å². The van der Waals surface area contributed by atoms with Gasteiger partial charge in [-0.1, -0.05) is 48.2 Å². The summed E-state index contributed by atoms with van der Waals surface area (Å²) >= 11 is 1.37. The Morgan fingerprint density at radius 1 is 1.11 bits per heavy atom. The zero-order valence-corrected chi connectivity index (χ0v) is 20.4. The van der Waals surface area contributed by atoms with Gasteiger partial charge in [0.2, 0.25) is 5.91 Å². The minimum absolute atomic E-state index is 0.0122. The summed E-state index contributed by atoms with van der Waals surface area (Å²) in [5.41, 5.74) is 1.87. The van der Waals surface area contributed by atoms with Crippen LogP contribution in [0.2, 0.25) is 0 Å². The second-order valence-electron chi connectivity index (χ2n) is 8.78. The fourth-order valence-corrected chi connectivity index (χ4v) is 5.19. The van der Waals surface area contributed by atoms with Gasteiger partial charge in [0.15, 0.2) is 11.0 Å². The third-order valence-corrected chi connectivity index (χ3v) is 7.17. The molecule has 1 saturated heterocycles. The predicted octanol–water partition coefficient (Wildman–Crippen LogP) is 5.17. The molecule has 0 radical (unpaired) electrons. The van der Waals surface area contributed by atoms with Crippen molar-refractivity contribution in [3.05, 3.63) is 78.1 Å². The number of carbonyl (C=O) groups excluding carboxylic acids is 1. The summed E-state index contributed by atoms with van der Waals surface area (Å²) in [6.45, 7) is 1.88. The van der Waals surface area contributed by atoms with E-state index in [1.807, 2.05) is 23.7 Å². The van der Waals surface area contributed by atoms with Crippen LogP contribution in [-0.4, -0.2) is 51.1 Å². The minimum atomic E-state index is -0.298. The van der Waals surface area contributed by atoms with Gasteiger partial charge in [-0.05, 0) is 59.5 Å². The van der Waals surface area contributed by atoms with Crippen molar-refractivity contribution in [2.75, 3.05) is 19.4 Å². The van der Waals surface area contributed by atoms with E-state index in [-0.39, 0.29) is 23.6 Å². The van der Waals surface area contributed by atoms with Crippen LogP contribution in [0, 0.1) is 5.82 Å². The third kappa shape index (κ3) is 5.55. The van der Waals surface area contributed by atoms with Crippen LogP contribution in [0.15, 0.2) is 71.9 Å². The monoisotopic (exact) mass is 490 g/mol. The highest BCUT2D eigenvalue weighted by Gasteiger charge is 2.23. The zero-order valence-electron chi connectivity index (χ0n) is 19.6. The lowest BCUT2D eigenvalue weighted by Crippen LogP contribution is -2.28. The SMILES string of the molecule is CN(Cc1ccc2ccccc2c1)C(=O)CSc1nnc(-c2ccc(F)cc2)n1C[C@@H]1CCCO1. The van der Waals surface area contributed by atoms with Crippen LogP contribution in [0.1, 0.15) is 18.4 Å². The summed E-state index contributed by atoms with van der Waals surface area (Å²) in [5.74, 6) is 0.615. The maximum atomic E-state index is 13.4. The van der Waals surface area contributed by atoms with Gasteiger partial charge in [0.1, 0.15) is 5.82 Å². The summed E-state index contributed by atoms with van der Waals surface area (Å²) in [4.78, 5) is 14.7. The van der Waals surface area contributed by atoms with E-state index in [0.29, 0.717) is 24.1 Å². The quantitative estimate of drug-likeness (QED) is 0.319. The predicted molar refractivity (Wildman–Crippen MR) is 136 cm³/mol. The van der Waals surface area contributed by atoms with Crippen molar-refractivity contribution in [3.8, 4) is 11.4 Å². The molecule has 0 saturated carbocycles. The number of thioether (sulfide) groups is 1. The van der Waals surface area contributed by atoms with Gasteiger partial charge < -0.3 is 9.64 Å². The number of hydrogen-bond acceptors (Lipinski definition) is 5. The van der Waals surface area contributed by atoms with Crippen LogP contribution in [-0.2, 0) is 22.6 Å². The number of carbonyl (C=O) groups is 1. The summed E-state index contributed by atoms with van der Waals surface area (Å²) in [7, 11) is 1.82. The van der Waals surface area contributed by atoms with E-state index < -0.39 is 0 Å². The molecule has 1 amide bonds. The van der Waals surface area contributed by atoms with E-state index >= 15 is 0 Å². The van der Waals surface area contributed by atoms with Gasteiger partial charge in [0.25, 0.3) is 0 Å². The van der Waals surface area contributed by atoms with Crippen molar-refractivity contribution >= 4 is 28.4 Å². The first-order chi connectivity index (χ1) is 17.1. The van der Waals surface area contributed by atoms with Crippen LogP contribution in [0.25, 0.3) is 22.2 Å². The highest BCUT2D eigenvalue weighted by molar-refractivity contribution is 7.99. The second kappa shape index (κ2) is 10.6. The van der Waals surface area contributed by atoms with Crippen molar-refractivity contribution in [3.63, 3.8) is 0 Å². The molecular weight excluding hydrogens is 463 g/mol. The second-order valence-corrected chi connectivity index (χ2v) is 9.72. The number of nitrogens with zero attached hydrogens (tertiary/aromatic N) is 4. The summed E-state index contributed by atoms with van der Waals surface area (Å²) in [6.07, 6.45) is 2.08. The van der Waals surface area contributed by atoms with Gasteiger partial charge in [-0.25, -0.2) is 4.39 Å². The first-order valence-corrected chi connectivity index (χ1v) is 12.7. The first-order valence-electron chi connectivity index (χ1n) is 11.7. The van der Waals surface area contributed by atoms with Gasteiger partial charge in [-0.15, -0.1) is 10.2 Å². The van der Waals surface area contributed by atoms with Gasteiger partial charge in [0, 0.05) is 25.8 Å².